The fraction of sp³-hybridized carbons (Fsp3) is 0.500. The molecule has 11 heavy (non-hydrogen) atoms. The van der Waals surface area contributed by atoms with Crippen molar-refractivity contribution in [1.82, 2.24) is 10.6 Å². The van der Waals surface area contributed by atoms with Gasteiger partial charge in [-0.05, 0) is 26.2 Å². The molecule has 0 unspecified atom stereocenters. The van der Waals surface area contributed by atoms with Crippen molar-refractivity contribution in [2.75, 3.05) is 14.1 Å². The molecular weight excluding hydrogens is 140 g/mol. The van der Waals surface area contributed by atoms with Crippen LogP contribution in [0.4, 0.5) is 0 Å². The SMILES string of the molecule is CNCc1ccc(CNC)o1. The van der Waals surface area contributed by atoms with Gasteiger partial charge in [-0.15, -0.1) is 0 Å². The molecule has 0 aliphatic rings. The van der Waals surface area contributed by atoms with Crippen molar-refractivity contribution in [3.8, 4) is 0 Å². The van der Waals surface area contributed by atoms with Crippen molar-refractivity contribution in [2.45, 2.75) is 13.1 Å². The Morgan fingerprint density at radius 1 is 1.09 bits per heavy atom. The number of hydrogen-bond acceptors (Lipinski definition) is 3. The molecule has 1 aromatic heterocycles. The Morgan fingerprint density at radius 2 is 1.55 bits per heavy atom. The van der Waals surface area contributed by atoms with Crippen LogP contribution < -0.4 is 10.6 Å². The van der Waals surface area contributed by atoms with Gasteiger partial charge in [-0.2, -0.15) is 0 Å². The highest BCUT2D eigenvalue weighted by molar-refractivity contribution is 5.06. The van der Waals surface area contributed by atoms with E-state index in [1.54, 1.807) is 0 Å². The van der Waals surface area contributed by atoms with Crippen LogP contribution in [0.15, 0.2) is 16.5 Å². The Hall–Kier alpha value is -0.800. The molecule has 0 aliphatic heterocycles. The van der Waals surface area contributed by atoms with E-state index < -0.39 is 0 Å². The first-order valence-electron chi connectivity index (χ1n) is 3.73. The number of rotatable bonds is 4. The van der Waals surface area contributed by atoms with Gasteiger partial charge >= 0.3 is 0 Å². The van der Waals surface area contributed by atoms with Crippen molar-refractivity contribution >= 4 is 0 Å². The second-order valence-electron chi connectivity index (χ2n) is 2.43. The molecule has 2 N–H and O–H groups in total. The van der Waals surface area contributed by atoms with Crippen molar-refractivity contribution in [3.05, 3.63) is 23.7 Å². The second kappa shape index (κ2) is 4.16. The molecule has 0 atom stereocenters. The lowest BCUT2D eigenvalue weighted by Crippen LogP contribution is -2.05. The van der Waals surface area contributed by atoms with E-state index in [4.69, 9.17) is 4.42 Å². The quantitative estimate of drug-likeness (QED) is 0.671. The van der Waals surface area contributed by atoms with Crippen molar-refractivity contribution in [1.29, 1.82) is 0 Å². The molecule has 0 aromatic carbocycles. The monoisotopic (exact) mass is 154 g/mol. The standard InChI is InChI=1S/C8H14N2O/c1-9-5-7-3-4-8(11-7)6-10-2/h3-4,9-10H,5-6H2,1-2H3. The highest BCUT2D eigenvalue weighted by atomic mass is 16.3. The van der Waals surface area contributed by atoms with E-state index in [0.717, 1.165) is 24.6 Å². The Bertz CT molecular complexity index is 187. The van der Waals surface area contributed by atoms with Crippen LogP contribution in [0.5, 0.6) is 0 Å². The highest BCUT2D eigenvalue weighted by Gasteiger charge is 1.98. The van der Waals surface area contributed by atoms with Crippen LogP contribution in [0.1, 0.15) is 11.5 Å². The fourth-order valence-electron chi connectivity index (χ4n) is 0.961. The molecule has 0 radical (unpaired) electrons. The zero-order valence-electron chi connectivity index (χ0n) is 6.98. The molecule has 3 heteroatoms. The van der Waals surface area contributed by atoms with Crippen LogP contribution in [0.3, 0.4) is 0 Å². The lowest BCUT2D eigenvalue weighted by atomic mass is 10.4. The van der Waals surface area contributed by atoms with E-state index >= 15 is 0 Å². The average molecular weight is 154 g/mol. The van der Waals surface area contributed by atoms with Gasteiger partial charge in [0.1, 0.15) is 11.5 Å². The summed E-state index contributed by atoms with van der Waals surface area (Å²) in [5.41, 5.74) is 0. The van der Waals surface area contributed by atoms with Gasteiger partial charge < -0.3 is 15.1 Å². The summed E-state index contributed by atoms with van der Waals surface area (Å²) in [5.74, 6) is 1.97. The fourth-order valence-corrected chi connectivity index (χ4v) is 0.961. The molecule has 0 fully saturated rings. The smallest absolute Gasteiger partial charge is 0.118 e. The minimum Gasteiger partial charge on any atom is -0.463 e. The van der Waals surface area contributed by atoms with Crippen LogP contribution in [0.25, 0.3) is 0 Å². The van der Waals surface area contributed by atoms with E-state index in [-0.39, 0.29) is 0 Å². The first-order chi connectivity index (χ1) is 5.36. The summed E-state index contributed by atoms with van der Waals surface area (Å²) in [7, 11) is 3.81. The first-order valence-corrected chi connectivity index (χ1v) is 3.73. The van der Waals surface area contributed by atoms with Crippen molar-refractivity contribution < 1.29 is 4.42 Å². The highest BCUT2D eigenvalue weighted by Crippen LogP contribution is 2.06. The Kier molecular flexibility index (Phi) is 3.14. The van der Waals surface area contributed by atoms with Crippen LogP contribution >= 0.6 is 0 Å². The lowest BCUT2D eigenvalue weighted by molar-refractivity contribution is 0.446. The van der Waals surface area contributed by atoms with E-state index in [9.17, 15) is 0 Å². The zero-order valence-corrected chi connectivity index (χ0v) is 6.98. The van der Waals surface area contributed by atoms with Crippen LogP contribution in [-0.2, 0) is 13.1 Å². The summed E-state index contributed by atoms with van der Waals surface area (Å²) >= 11 is 0. The summed E-state index contributed by atoms with van der Waals surface area (Å²) in [5, 5.41) is 6.05. The van der Waals surface area contributed by atoms with Gasteiger partial charge in [0.15, 0.2) is 0 Å². The van der Waals surface area contributed by atoms with Gasteiger partial charge in [-0.25, -0.2) is 0 Å². The summed E-state index contributed by atoms with van der Waals surface area (Å²) in [4.78, 5) is 0. The lowest BCUT2D eigenvalue weighted by Gasteiger charge is -1.94. The zero-order chi connectivity index (χ0) is 8.10. The minimum absolute atomic E-state index is 0.795. The van der Waals surface area contributed by atoms with Gasteiger partial charge in [0, 0.05) is 0 Å². The Balaban J connectivity index is 2.51. The van der Waals surface area contributed by atoms with Crippen LogP contribution in [0, 0.1) is 0 Å². The van der Waals surface area contributed by atoms with E-state index in [1.165, 1.54) is 0 Å². The Morgan fingerprint density at radius 3 is 1.91 bits per heavy atom. The summed E-state index contributed by atoms with van der Waals surface area (Å²) in [6.07, 6.45) is 0. The Labute approximate surface area is 66.8 Å². The maximum atomic E-state index is 5.44. The number of hydrogen-bond donors (Lipinski definition) is 2. The number of furan rings is 1. The molecule has 0 amide bonds. The molecular formula is C8H14N2O. The van der Waals surface area contributed by atoms with E-state index in [0.29, 0.717) is 0 Å². The third-order valence-corrected chi connectivity index (χ3v) is 1.42. The topological polar surface area (TPSA) is 37.2 Å². The van der Waals surface area contributed by atoms with Gasteiger partial charge in [0.2, 0.25) is 0 Å². The molecule has 0 saturated carbocycles. The summed E-state index contributed by atoms with van der Waals surface area (Å²) in [6, 6.07) is 3.98. The minimum atomic E-state index is 0.795. The largest absolute Gasteiger partial charge is 0.463 e. The maximum Gasteiger partial charge on any atom is 0.118 e. The second-order valence-corrected chi connectivity index (χ2v) is 2.43. The van der Waals surface area contributed by atoms with Gasteiger partial charge in [0.25, 0.3) is 0 Å². The molecule has 3 nitrogen and oxygen atoms in total. The third kappa shape index (κ3) is 2.37. The average Bonchev–Trinajstić information content (AvgIpc) is 2.38. The molecule has 0 aliphatic carbocycles. The van der Waals surface area contributed by atoms with Crippen molar-refractivity contribution in [3.63, 3.8) is 0 Å². The molecule has 0 bridgehead atoms. The number of nitrogens with one attached hydrogen (secondary N) is 2. The first kappa shape index (κ1) is 8.30. The molecule has 1 rings (SSSR count). The van der Waals surface area contributed by atoms with Crippen LogP contribution in [0.2, 0.25) is 0 Å². The van der Waals surface area contributed by atoms with Crippen LogP contribution in [-0.4, -0.2) is 14.1 Å². The molecule has 1 aromatic rings. The van der Waals surface area contributed by atoms with E-state index in [1.807, 2.05) is 26.2 Å². The third-order valence-electron chi connectivity index (χ3n) is 1.42. The van der Waals surface area contributed by atoms with Gasteiger partial charge in [0.05, 0.1) is 13.1 Å². The molecule has 0 saturated heterocycles. The van der Waals surface area contributed by atoms with Gasteiger partial charge in [-0.1, -0.05) is 0 Å². The maximum absolute atomic E-state index is 5.44. The molecule has 1 heterocycles. The summed E-state index contributed by atoms with van der Waals surface area (Å²) in [6.45, 7) is 1.59. The van der Waals surface area contributed by atoms with Crippen molar-refractivity contribution in [2.24, 2.45) is 0 Å². The molecule has 0 spiro atoms. The van der Waals surface area contributed by atoms with Gasteiger partial charge in [-0.3, -0.25) is 0 Å². The normalized spacial score (nSPS) is 10.4. The summed E-state index contributed by atoms with van der Waals surface area (Å²) < 4.78 is 5.44. The molecule has 62 valence electrons. The van der Waals surface area contributed by atoms with E-state index in [2.05, 4.69) is 10.6 Å². The predicted molar refractivity (Wildman–Crippen MR) is 44.2 cm³/mol. The predicted octanol–water partition coefficient (Wildman–Crippen LogP) is 0.718.